The predicted molar refractivity (Wildman–Crippen MR) is 127 cm³/mol. The lowest BCUT2D eigenvalue weighted by atomic mass is 10.1. The molecule has 3 amide bonds. The summed E-state index contributed by atoms with van der Waals surface area (Å²) in [5.41, 5.74) is 2.26. The molecule has 0 aliphatic carbocycles. The number of hydrogen-bond donors (Lipinski definition) is 2. The van der Waals surface area contributed by atoms with E-state index in [1.165, 1.54) is 29.2 Å². The first-order chi connectivity index (χ1) is 16.3. The Balaban J connectivity index is 1.67. The molecule has 0 unspecified atom stereocenters. The van der Waals surface area contributed by atoms with Gasteiger partial charge in [0.25, 0.3) is 11.6 Å². The monoisotopic (exact) mass is 460 g/mol. The van der Waals surface area contributed by atoms with Crippen LogP contribution >= 0.6 is 0 Å². The zero-order valence-corrected chi connectivity index (χ0v) is 18.6. The van der Waals surface area contributed by atoms with E-state index in [4.69, 9.17) is 0 Å². The van der Waals surface area contributed by atoms with Crippen LogP contribution in [0.2, 0.25) is 0 Å². The highest BCUT2D eigenvalue weighted by Gasteiger charge is 2.21. The first-order valence-corrected chi connectivity index (χ1v) is 10.5. The second-order valence-corrected chi connectivity index (χ2v) is 7.65. The molecule has 0 fully saturated rings. The molecule has 0 heterocycles. The Kier molecular flexibility index (Phi) is 8.07. The third-order valence-corrected chi connectivity index (χ3v) is 4.89. The third kappa shape index (κ3) is 6.99. The van der Waals surface area contributed by atoms with Crippen LogP contribution in [0.1, 0.15) is 21.5 Å². The van der Waals surface area contributed by atoms with Gasteiger partial charge in [0.1, 0.15) is 6.54 Å². The van der Waals surface area contributed by atoms with Gasteiger partial charge in [0.05, 0.1) is 11.5 Å². The number of hydrogen-bond acceptors (Lipinski definition) is 5. The van der Waals surface area contributed by atoms with Crippen molar-refractivity contribution in [2.75, 3.05) is 18.4 Å². The summed E-state index contributed by atoms with van der Waals surface area (Å²) in [6, 6.07) is 21.7. The van der Waals surface area contributed by atoms with Gasteiger partial charge in [-0.1, -0.05) is 48.5 Å². The Morgan fingerprint density at radius 1 is 0.912 bits per heavy atom. The molecule has 0 atom stereocenters. The summed E-state index contributed by atoms with van der Waals surface area (Å²) < 4.78 is 0. The van der Waals surface area contributed by atoms with Gasteiger partial charge in [-0.3, -0.25) is 24.5 Å². The number of nitrogens with one attached hydrogen (secondary N) is 2. The molecular formula is C25H24N4O5. The fraction of sp³-hybridized carbons (Fsp3) is 0.160. The molecule has 0 spiro atoms. The molecule has 0 aliphatic rings. The normalized spacial score (nSPS) is 10.3. The van der Waals surface area contributed by atoms with E-state index in [2.05, 4.69) is 10.6 Å². The van der Waals surface area contributed by atoms with Gasteiger partial charge in [-0.2, -0.15) is 0 Å². The molecule has 9 heteroatoms. The Morgan fingerprint density at radius 2 is 1.65 bits per heavy atom. The van der Waals surface area contributed by atoms with Gasteiger partial charge < -0.3 is 15.5 Å². The summed E-state index contributed by atoms with van der Waals surface area (Å²) in [5, 5.41) is 16.3. The molecule has 3 rings (SSSR count). The van der Waals surface area contributed by atoms with Crippen molar-refractivity contribution in [3.63, 3.8) is 0 Å². The second kappa shape index (κ2) is 11.4. The van der Waals surface area contributed by atoms with Crippen LogP contribution in [-0.4, -0.2) is 40.6 Å². The summed E-state index contributed by atoms with van der Waals surface area (Å²) in [6.07, 6.45) is 0. The molecule has 0 saturated heterocycles. The fourth-order valence-electron chi connectivity index (χ4n) is 3.27. The molecule has 0 radical (unpaired) electrons. The summed E-state index contributed by atoms with van der Waals surface area (Å²) in [7, 11) is 0. The minimum absolute atomic E-state index is 0.0927. The summed E-state index contributed by atoms with van der Waals surface area (Å²) in [5.74, 6) is -1.47. The van der Waals surface area contributed by atoms with Crippen LogP contribution in [0.5, 0.6) is 0 Å². The van der Waals surface area contributed by atoms with Crippen molar-refractivity contribution in [2.24, 2.45) is 0 Å². The molecule has 3 aromatic carbocycles. The van der Waals surface area contributed by atoms with Crippen molar-refractivity contribution in [2.45, 2.75) is 13.5 Å². The van der Waals surface area contributed by atoms with Crippen molar-refractivity contribution >= 4 is 29.1 Å². The van der Waals surface area contributed by atoms with Crippen LogP contribution < -0.4 is 10.6 Å². The number of amides is 3. The van der Waals surface area contributed by atoms with Crippen molar-refractivity contribution in [3.8, 4) is 0 Å². The number of anilines is 1. The van der Waals surface area contributed by atoms with E-state index < -0.39 is 22.6 Å². The van der Waals surface area contributed by atoms with Crippen molar-refractivity contribution in [1.29, 1.82) is 0 Å². The van der Waals surface area contributed by atoms with Crippen molar-refractivity contribution < 1.29 is 19.3 Å². The lowest BCUT2D eigenvalue weighted by molar-refractivity contribution is -0.384. The maximum atomic E-state index is 13.1. The molecule has 34 heavy (non-hydrogen) atoms. The third-order valence-electron chi connectivity index (χ3n) is 4.89. The molecule has 0 saturated carbocycles. The lowest BCUT2D eigenvalue weighted by Crippen LogP contribution is -2.42. The van der Waals surface area contributed by atoms with Gasteiger partial charge in [-0.15, -0.1) is 0 Å². The Morgan fingerprint density at radius 3 is 2.35 bits per heavy atom. The zero-order valence-electron chi connectivity index (χ0n) is 18.6. The van der Waals surface area contributed by atoms with Gasteiger partial charge in [0.2, 0.25) is 11.8 Å². The maximum Gasteiger partial charge on any atom is 0.270 e. The number of rotatable bonds is 9. The zero-order chi connectivity index (χ0) is 24.5. The van der Waals surface area contributed by atoms with E-state index in [1.807, 2.05) is 25.1 Å². The van der Waals surface area contributed by atoms with Gasteiger partial charge in [-0.05, 0) is 36.2 Å². The number of aryl methyl sites for hydroxylation is 1. The predicted octanol–water partition coefficient (Wildman–Crippen LogP) is 3.30. The van der Waals surface area contributed by atoms with Crippen molar-refractivity contribution in [1.82, 2.24) is 10.2 Å². The minimum Gasteiger partial charge on any atom is -0.345 e. The number of nitro benzene ring substituents is 1. The molecule has 2 N–H and O–H groups in total. The number of nitrogens with zero attached hydrogens (tertiary/aromatic N) is 2. The van der Waals surface area contributed by atoms with E-state index in [9.17, 15) is 24.5 Å². The molecule has 0 bridgehead atoms. The van der Waals surface area contributed by atoms with Crippen LogP contribution in [0.25, 0.3) is 0 Å². The molecule has 0 aromatic heterocycles. The molecular weight excluding hydrogens is 436 g/mol. The topological polar surface area (TPSA) is 122 Å². The Labute approximate surface area is 196 Å². The lowest BCUT2D eigenvalue weighted by Gasteiger charge is -2.22. The molecule has 9 nitrogen and oxygen atoms in total. The maximum absolute atomic E-state index is 13.1. The van der Waals surface area contributed by atoms with Crippen LogP contribution in [-0.2, 0) is 16.1 Å². The van der Waals surface area contributed by atoms with Gasteiger partial charge in [-0.25, -0.2) is 0 Å². The minimum atomic E-state index is -0.585. The standard InChI is InChI=1S/C25H24N4O5/c1-18-7-5-11-21(13-18)27-23(30)15-26-24(31)17-28(16-19-8-3-2-4-9-19)25(32)20-10-6-12-22(14-20)29(33)34/h2-14H,15-17H2,1H3,(H,26,31)(H,27,30). The first-order valence-electron chi connectivity index (χ1n) is 10.5. The van der Waals surface area contributed by atoms with E-state index >= 15 is 0 Å². The number of benzene rings is 3. The largest absolute Gasteiger partial charge is 0.345 e. The van der Waals surface area contributed by atoms with E-state index in [-0.39, 0.29) is 30.9 Å². The SMILES string of the molecule is Cc1cccc(NC(=O)CNC(=O)CN(Cc2ccccc2)C(=O)c2cccc([N+](=O)[O-])c2)c1. The fourth-order valence-corrected chi connectivity index (χ4v) is 3.27. The average Bonchev–Trinajstić information content (AvgIpc) is 2.82. The Hall–Kier alpha value is -4.53. The van der Waals surface area contributed by atoms with Crippen LogP contribution in [0.4, 0.5) is 11.4 Å². The summed E-state index contributed by atoms with van der Waals surface area (Å²) >= 11 is 0. The Bertz CT molecular complexity index is 1200. The highest BCUT2D eigenvalue weighted by molar-refractivity contribution is 5.98. The molecule has 3 aromatic rings. The number of nitro groups is 1. The number of non-ortho nitro benzene ring substituents is 1. The highest BCUT2D eigenvalue weighted by Crippen LogP contribution is 2.16. The highest BCUT2D eigenvalue weighted by atomic mass is 16.6. The smallest absolute Gasteiger partial charge is 0.270 e. The molecule has 0 aliphatic heterocycles. The number of carbonyl (C=O) groups excluding carboxylic acids is 3. The van der Waals surface area contributed by atoms with Gasteiger partial charge >= 0.3 is 0 Å². The van der Waals surface area contributed by atoms with E-state index in [0.717, 1.165) is 11.1 Å². The quantitative estimate of drug-likeness (QED) is 0.375. The van der Waals surface area contributed by atoms with Crippen LogP contribution in [0.15, 0.2) is 78.9 Å². The average molecular weight is 460 g/mol. The summed E-state index contributed by atoms with van der Waals surface area (Å²) in [6.45, 7) is 1.42. The van der Waals surface area contributed by atoms with E-state index in [0.29, 0.717) is 5.69 Å². The molecule has 174 valence electrons. The first kappa shape index (κ1) is 24.1. The summed E-state index contributed by atoms with van der Waals surface area (Å²) in [4.78, 5) is 49.7. The van der Waals surface area contributed by atoms with Gasteiger partial charge in [0, 0.05) is 29.9 Å². The van der Waals surface area contributed by atoms with Crippen LogP contribution in [0.3, 0.4) is 0 Å². The number of carbonyl (C=O) groups is 3. The van der Waals surface area contributed by atoms with Gasteiger partial charge in [0.15, 0.2) is 0 Å². The van der Waals surface area contributed by atoms with Crippen molar-refractivity contribution in [3.05, 3.63) is 106 Å². The van der Waals surface area contributed by atoms with Crippen LogP contribution in [0, 0.1) is 17.0 Å². The second-order valence-electron chi connectivity index (χ2n) is 7.65. The van der Waals surface area contributed by atoms with E-state index in [1.54, 1.807) is 36.4 Å².